The van der Waals surface area contributed by atoms with Gasteiger partial charge < -0.3 is 5.32 Å². The molecule has 0 aliphatic rings. The third-order valence-electron chi connectivity index (χ3n) is 3.03. The molecule has 6 heteroatoms. The summed E-state index contributed by atoms with van der Waals surface area (Å²) in [6.45, 7) is 3.57. The van der Waals surface area contributed by atoms with Crippen LogP contribution in [0.5, 0.6) is 0 Å². The highest BCUT2D eigenvalue weighted by Gasteiger charge is 2.24. The van der Waals surface area contributed by atoms with Crippen LogP contribution in [0.3, 0.4) is 0 Å². The van der Waals surface area contributed by atoms with Crippen LogP contribution in [0.4, 0.5) is 5.69 Å². The van der Waals surface area contributed by atoms with Crippen LogP contribution in [0.25, 0.3) is 0 Å². The van der Waals surface area contributed by atoms with Crippen LogP contribution < -0.4 is 5.32 Å². The lowest BCUT2D eigenvalue weighted by atomic mass is 9.99. The van der Waals surface area contributed by atoms with E-state index in [1.807, 2.05) is 18.4 Å². The molecule has 1 atom stereocenters. The second-order valence-electron chi connectivity index (χ2n) is 4.74. The zero-order chi connectivity index (χ0) is 16.1. The van der Waals surface area contributed by atoms with Crippen LogP contribution in [0.1, 0.15) is 40.3 Å². The van der Waals surface area contributed by atoms with Crippen molar-refractivity contribution in [1.82, 2.24) is 4.98 Å². The lowest BCUT2D eigenvalue weighted by Crippen LogP contribution is -2.13. The maximum absolute atomic E-state index is 12.5. The molecule has 1 aromatic carbocycles. The average molecular weight is 313 g/mol. The minimum Gasteiger partial charge on any atom is -0.326 e. The number of thiazole rings is 1. The Kier molecular flexibility index (Phi) is 5.02. The molecule has 1 amide bonds. The first kappa shape index (κ1) is 15.9. The number of nitrogens with zero attached hydrogens (tertiary/aromatic N) is 2. The van der Waals surface area contributed by atoms with E-state index < -0.39 is 5.92 Å². The van der Waals surface area contributed by atoms with Crippen LogP contribution in [-0.4, -0.2) is 16.7 Å². The van der Waals surface area contributed by atoms with E-state index in [9.17, 15) is 14.9 Å². The summed E-state index contributed by atoms with van der Waals surface area (Å²) in [6.07, 6.45) is 0.359. The second-order valence-corrected chi connectivity index (χ2v) is 5.63. The molecule has 2 rings (SSSR count). The molecule has 1 unspecified atom stereocenters. The lowest BCUT2D eigenvalue weighted by Gasteiger charge is -2.08. The summed E-state index contributed by atoms with van der Waals surface area (Å²) in [5.74, 6) is -1.36. The number of amides is 1. The van der Waals surface area contributed by atoms with Crippen LogP contribution in [-0.2, 0) is 4.79 Å². The molecule has 0 aliphatic carbocycles. The number of nitriles is 1. The van der Waals surface area contributed by atoms with Gasteiger partial charge in [0.1, 0.15) is 5.01 Å². The first-order valence-electron chi connectivity index (χ1n) is 6.81. The summed E-state index contributed by atoms with van der Waals surface area (Å²) in [5.41, 5.74) is 1.72. The Balaban J connectivity index is 2.26. The van der Waals surface area contributed by atoms with Gasteiger partial charge in [-0.1, -0.05) is 19.1 Å². The fourth-order valence-corrected chi connectivity index (χ4v) is 2.73. The number of carbonyl (C=O) groups excluding carboxylic acids is 2. The van der Waals surface area contributed by atoms with Gasteiger partial charge in [0.2, 0.25) is 5.91 Å². The van der Waals surface area contributed by atoms with Gasteiger partial charge in [-0.05, 0) is 19.1 Å². The van der Waals surface area contributed by atoms with Gasteiger partial charge in [-0.25, -0.2) is 4.98 Å². The van der Waals surface area contributed by atoms with E-state index in [-0.39, 0.29) is 11.7 Å². The van der Waals surface area contributed by atoms with E-state index >= 15 is 0 Å². The van der Waals surface area contributed by atoms with Gasteiger partial charge in [0.15, 0.2) is 11.7 Å². The van der Waals surface area contributed by atoms with Crippen molar-refractivity contribution in [3.8, 4) is 6.07 Å². The lowest BCUT2D eigenvalue weighted by molar-refractivity contribution is -0.115. The number of nitrogens with one attached hydrogen (secondary N) is 1. The van der Waals surface area contributed by atoms with Crippen molar-refractivity contribution < 1.29 is 9.59 Å². The van der Waals surface area contributed by atoms with Crippen LogP contribution >= 0.6 is 11.3 Å². The van der Waals surface area contributed by atoms with Crippen LogP contribution in [0, 0.1) is 18.3 Å². The molecule has 5 nitrogen and oxygen atoms in total. The van der Waals surface area contributed by atoms with Crippen molar-refractivity contribution in [3.63, 3.8) is 0 Å². The molecule has 0 saturated carbocycles. The molecular weight excluding hydrogens is 298 g/mol. The number of anilines is 1. The van der Waals surface area contributed by atoms with Crippen molar-refractivity contribution in [2.24, 2.45) is 0 Å². The molecule has 22 heavy (non-hydrogen) atoms. The summed E-state index contributed by atoms with van der Waals surface area (Å²) in [6, 6.07) is 8.62. The minimum absolute atomic E-state index is 0.128. The third kappa shape index (κ3) is 3.57. The highest BCUT2D eigenvalue weighted by molar-refractivity contribution is 7.10. The maximum atomic E-state index is 12.5. The normalized spacial score (nSPS) is 11.5. The van der Waals surface area contributed by atoms with Crippen molar-refractivity contribution >= 4 is 28.7 Å². The maximum Gasteiger partial charge on any atom is 0.224 e. The highest BCUT2D eigenvalue weighted by atomic mass is 32.1. The van der Waals surface area contributed by atoms with E-state index in [1.165, 1.54) is 11.3 Å². The van der Waals surface area contributed by atoms with Crippen molar-refractivity contribution in [2.45, 2.75) is 26.2 Å². The number of aryl methyl sites for hydroxylation is 1. The Morgan fingerprint density at radius 1 is 1.45 bits per heavy atom. The molecule has 1 N–H and O–H groups in total. The molecule has 112 valence electrons. The number of rotatable bonds is 5. The first-order chi connectivity index (χ1) is 10.5. The van der Waals surface area contributed by atoms with Crippen molar-refractivity contribution in [3.05, 3.63) is 45.9 Å². The Labute approximate surface area is 132 Å². The third-order valence-corrected chi connectivity index (χ3v) is 4.05. The van der Waals surface area contributed by atoms with Gasteiger partial charge in [-0.15, -0.1) is 11.3 Å². The largest absolute Gasteiger partial charge is 0.326 e. The van der Waals surface area contributed by atoms with Crippen LogP contribution in [0.15, 0.2) is 29.6 Å². The number of carbonyl (C=O) groups is 2. The highest BCUT2D eigenvalue weighted by Crippen LogP contribution is 2.25. The molecule has 0 saturated heterocycles. The van der Waals surface area contributed by atoms with Gasteiger partial charge in [0.25, 0.3) is 0 Å². The van der Waals surface area contributed by atoms with Gasteiger partial charge in [0.05, 0.1) is 6.07 Å². The summed E-state index contributed by atoms with van der Waals surface area (Å²) in [7, 11) is 0. The summed E-state index contributed by atoms with van der Waals surface area (Å²) >= 11 is 1.30. The minimum atomic E-state index is -0.921. The summed E-state index contributed by atoms with van der Waals surface area (Å²) in [5, 5.41) is 14.3. The Morgan fingerprint density at radius 3 is 2.82 bits per heavy atom. The fraction of sp³-hybridized carbons (Fsp3) is 0.250. The quantitative estimate of drug-likeness (QED) is 0.859. The zero-order valence-corrected chi connectivity index (χ0v) is 13.1. The predicted molar refractivity (Wildman–Crippen MR) is 84.9 cm³/mol. The summed E-state index contributed by atoms with van der Waals surface area (Å²) in [4.78, 5) is 28.2. The standard InChI is InChI=1S/C16H15N3O2S/c1-3-14(20)19-12-6-4-5-11(7-12)15(21)13(8-17)16-18-10(2)9-22-16/h4-7,9,13H,3H2,1-2H3,(H,19,20). The number of ketones is 1. The van der Waals surface area contributed by atoms with E-state index in [4.69, 9.17) is 0 Å². The topological polar surface area (TPSA) is 82.9 Å². The second kappa shape index (κ2) is 6.96. The van der Waals surface area contributed by atoms with Crippen molar-refractivity contribution in [2.75, 3.05) is 5.32 Å². The van der Waals surface area contributed by atoms with Gasteiger partial charge in [-0.3, -0.25) is 9.59 Å². The van der Waals surface area contributed by atoms with E-state index in [0.717, 1.165) is 5.69 Å². The van der Waals surface area contributed by atoms with Crippen LogP contribution in [0.2, 0.25) is 0 Å². The number of aromatic nitrogens is 1. The molecule has 1 aromatic heterocycles. The first-order valence-corrected chi connectivity index (χ1v) is 7.69. The van der Waals surface area contributed by atoms with Gasteiger partial charge in [-0.2, -0.15) is 5.26 Å². The predicted octanol–water partition coefficient (Wildman–Crippen LogP) is 3.29. The molecule has 2 aromatic rings. The number of benzene rings is 1. The average Bonchev–Trinajstić information content (AvgIpc) is 2.94. The molecule has 0 fully saturated rings. The monoisotopic (exact) mass is 313 g/mol. The Hall–Kier alpha value is -2.52. The molecule has 0 radical (unpaired) electrons. The molecule has 0 aliphatic heterocycles. The molecular formula is C16H15N3O2S. The van der Waals surface area contributed by atoms with Gasteiger partial charge >= 0.3 is 0 Å². The molecule has 0 bridgehead atoms. The van der Waals surface area contributed by atoms with E-state index in [1.54, 1.807) is 31.2 Å². The SMILES string of the molecule is CCC(=O)Nc1cccc(C(=O)C(C#N)c2nc(C)cs2)c1. The Morgan fingerprint density at radius 2 is 2.23 bits per heavy atom. The number of Topliss-reactive ketones (excluding diaryl/α,β-unsaturated/α-hetero) is 1. The molecule has 1 heterocycles. The zero-order valence-electron chi connectivity index (χ0n) is 12.3. The van der Waals surface area contributed by atoms with Crippen molar-refractivity contribution in [1.29, 1.82) is 5.26 Å². The summed E-state index contributed by atoms with van der Waals surface area (Å²) < 4.78 is 0. The number of hydrogen-bond acceptors (Lipinski definition) is 5. The number of hydrogen-bond donors (Lipinski definition) is 1. The Bertz CT molecular complexity index is 746. The van der Waals surface area contributed by atoms with E-state index in [2.05, 4.69) is 10.3 Å². The molecule has 0 spiro atoms. The smallest absolute Gasteiger partial charge is 0.224 e. The fourth-order valence-electron chi connectivity index (χ4n) is 1.90. The van der Waals surface area contributed by atoms with Gasteiger partial charge in [0, 0.05) is 28.7 Å². The van der Waals surface area contributed by atoms with E-state index in [0.29, 0.717) is 22.7 Å².